The van der Waals surface area contributed by atoms with Crippen molar-refractivity contribution in [3.63, 3.8) is 0 Å². The minimum Gasteiger partial charge on any atom is -0.436 e. The van der Waals surface area contributed by atoms with Crippen LogP contribution in [-0.4, -0.2) is 34.3 Å². The summed E-state index contributed by atoms with van der Waals surface area (Å²) in [6.07, 6.45) is 1.56. The van der Waals surface area contributed by atoms with Crippen LogP contribution in [0.25, 0.3) is 22.6 Å². The van der Waals surface area contributed by atoms with Gasteiger partial charge in [-0.2, -0.15) is 0 Å². The van der Waals surface area contributed by atoms with E-state index < -0.39 is 0 Å². The number of aromatic nitrogens is 1. The Labute approximate surface area is 150 Å². The first kappa shape index (κ1) is 16.3. The van der Waals surface area contributed by atoms with Gasteiger partial charge in [-0.05, 0) is 49.2 Å². The number of hydrogen-bond donors (Lipinski definition) is 1. The molecule has 26 heavy (non-hydrogen) atoms. The van der Waals surface area contributed by atoms with Crippen LogP contribution < -0.4 is 5.32 Å². The lowest BCUT2D eigenvalue weighted by Crippen LogP contribution is -2.42. The summed E-state index contributed by atoms with van der Waals surface area (Å²) in [5.74, 6) is 0.337. The third-order valence-corrected chi connectivity index (χ3v) is 4.65. The number of para-hydroxylation sites is 2. The van der Waals surface area contributed by atoms with Crippen molar-refractivity contribution in [2.75, 3.05) is 11.9 Å². The summed E-state index contributed by atoms with van der Waals surface area (Å²) in [4.78, 5) is 30.2. The molecule has 0 aliphatic carbocycles. The summed E-state index contributed by atoms with van der Waals surface area (Å²) >= 11 is 0. The average molecular weight is 349 g/mol. The fourth-order valence-electron chi connectivity index (χ4n) is 3.33. The van der Waals surface area contributed by atoms with Crippen LogP contribution in [0, 0.1) is 0 Å². The number of anilines is 1. The Bertz CT molecular complexity index is 929. The van der Waals surface area contributed by atoms with Crippen LogP contribution in [0.4, 0.5) is 5.69 Å². The molecule has 0 saturated carbocycles. The number of fused-ring (bicyclic) bond motifs is 1. The zero-order valence-electron chi connectivity index (χ0n) is 14.4. The molecular formula is C20H19N3O3. The van der Waals surface area contributed by atoms with Crippen LogP contribution in [-0.2, 0) is 9.59 Å². The lowest BCUT2D eigenvalue weighted by atomic mass is 10.1. The van der Waals surface area contributed by atoms with Gasteiger partial charge in [0.05, 0.1) is 0 Å². The molecule has 132 valence electrons. The molecule has 0 spiro atoms. The highest BCUT2D eigenvalue weighted by Gasteiger charge is 2.32. The van der Waals surface area contributed by atoms with Crippen molar-refractivity contribution in [3.05, 3.63) is 48.5 Å². The zero-order chi connectivity index (χ0) is 18.1. The summed E-state index contributed by atoms with van der Waals surface area (Å²) in [5.41, 5.74) is 3.08. The topological polar surface area (TPSA) is 75.4 Å². The maximum Gasteiger partial charge on any atom is 0.247 e. The molecule has 4 rings (SSSR count). The standard InChI is InChI=1S/C20H19N3O3/c1-13(24)23-12-4-6-17(23)19(25)21-15-10-8-14(9-11-15)20-22-16-5-2-3-7-18(16)26-20/h2-3,5,7-11,17H,4,6,12H2,1H3,(H,21,25)/t17-/m0/s1. The molecule has 6 nitrogen and oxygen atoms in total. The number of carbonyl (C=O) groups is 2. The first-order chi connectivity index (χ1) is 12.6. The number of amides is 2. The molecule has 1 aliphatic heterocycles. The number of carbonyl (C=O) groups excluding carboxylic acids is 2. The van der Waals surface area contributed by atoms with Gasteiger partial charge in [-0.1, -0.05) is 12.1 Å². The van der Waals surface area contributed by atoms with Crippen molar-refractivity contribution in [3.8, 4) is 11.5 Å². The third kappa shape index (κ3) is 3.06. The van der Waals surface area contributed by atoms with Crippen molar-refractivity contribution in [1.29, 1.82) is 0 Å². The number of nitrogens with zero attached hydrogens (tertiary/aromatic N) is 2. The second kappa shape index (κ2) is 6.63. The van der Waals surface area contributed by atoms with Gasteiger partial charge in [-0.3, -0.25) is 9.59 Å². The molecule has 1 fully saturated rings. The van der Waals surface area contributed by atoms with Gasteiger partial charge in [0.25, 0.3) is 0 Å². The van der Waals surface area contributed by atoms with Crippen LogP contribution in [0.2, 0.25) is 0 Å². The Morgan fingerprint density at radius 3 is 2.65 bits per heavy atom. The monoisotopic (exact) mass is 349 g/mol. The molecule has 3 aromatic rings. The summed E-state index contributed by atoms with van der Waals surface area (Å²) in [6, 6.07) is 14.6. The third-order valence-electron chi connectivity index (χ3n) is 4.65. The molecule has 1 aliphatic rings. The molecule has 2 heterocycles. The molecular weight excluding hydrogens is 330 g/mol. The quantitative estimate of drug-likeness (QED) is 0.786. The summed E-state index contributed by atoms with van der Waals surface area (Å²) in [6.45, 7) is 2.14. The Morgan fingerprint density at radius 2 is 1.92 bits per heavy atom. The lowest BCUT2D eigenvalue weighted by Gasteiger charge is -2.22. The van der Waals surface area contributed by atoms with E-state index in [-0.39, 0.29) is 17.9 Å². The summed E-state index contributed by atoms with van der Waals surface area (Å²) in [7, 11) is 0. The van der Waals surface area contributed by atoms with Crippen LogP contribution in [0.1, 0.15) is 19.8 Å². The number of nitrogens with one attached hydrogen (secondary N) is 1. The smallest absolute Gasteiger partial charge is 0.247 e. The molecule has 6 heteroatoms. The van der Waals surface area contributed by atoms with Gasteiger partial charge in [0, 0.05) is 24.7 Å². The van der Waals surface area contributed by atoms with Crippen LogP contribution in [0.3, 0.4) is 0 Å². The lowest BCUT2D eigenvalue weighted by molar-refractivity contribution is -0.134. The summed E-state index contributed by atoms with van der Waals surface area (Å²) < 4.78 is 5.75. The average Bonchev–Trinajstić information content (AvgIpc) is 3.29. The van der Waals surface area contributed by atoms with Crippen LogP contribution in [0.15, 0.2) is 52.9 Å². The Hall–Kier alpha value is -3.15. The van der Waals surface area contributed by atoms with Crippen molar-refractivity contribution in [2.45, 2.75) is 25.8 Å². The SMILES string of the molecule is CC(=O)N1CCC[C@H]1C(=O)Nc1ccc(-c2nc3ccccc3o2)cc1. The van der Waals surface area contributed by atoms with Gasteiger partial charge in [0.1, 0.15) is 11.6 Å². The second-order valence-corrected chi connectivity index (χ2v) is 6.42. The maximum atomic E-state index is 12.5. The Balaban J connectivity index is 1.49. The minimum absolute atomic E-state index is 0.0612. The summed E-state index contributed by atoms with van der Waals surface area (Å²) in [5, 5.41) is 2.89. The van der Waals surface area contributed by atoms with E-state index in [0.717, 1.165) is 23.1 Å². The van der Waals surface area contributed by atoms with E-state index in [4.69, 9.17) is 4.42 Å². The van der Waals surface area contributed by atoms with E-state index in [2.05, 4.69) is 10.3 Å². The van der Waals surface area contributed by atoms with Gasteiger partial charge >= 0.3 is 0 Å². The molecule has 1 saturated heterocycles. The largest absolute Gasteiger partial charge is 0.436 e. The molecule has 0 radical (unpaired) electrons. The Morgan fingerprint density at radius 1 is 1.15 bits per heavy atom. The highest BCUT2D eigenvalue weighted by Crippen LogP contribution is 2.25. The van der Waals surface area contributed by atoms with Crippen LogP contribution >= 0.6 is 0 Å². The molecule has 2 amide bonds. The van der Waals surface area contributed by atoms with Gasteiger partial charge < -0.3 is 14.6 Å². The van der Waals surface area contributed by atoms with E-state index in [9.17, 15) is 9.59 Å². The Kier molecular flexibility index (Phi) is 4.16. The number of hydrogen-bond acceptors (Lipinski definition) is 4. The molecule has 1 atom stereocenters. The van der Waals surface area contributed by atoms with Gasteiger partial charge in [0.15, 0.2) is 5.58 Å². The van der Waals surface area contributed by atoms with Crippen molar-refractivity contribution >= 4 is 28.6 Å². The second-order valence-electron chi connectivity index (χ2n) is 6.42. The molecule has 2 aromatic carbocycles. The van der Waals surface area contributed by atoms with E-state index in [1.807, 2.05) is 48.5 Å². The number of oxazole rings is 1. The molecule has 0 bridgehead atoms. The number of benzene rings is 2. The van der Waals surface area contributed by atoms with E-state index in [0.29, 0.717) is 24.5 Å². The van der Waals surface area contributed by atoms with E-state index in [1.54, 1.807) is 4.90 Å². The van der Waals surface area contributed by atoms with Gasteiger partial charge in [0.2, 0.25) is 17.7 Å². The van der Waals surface area contributed by atoms with E-state index >= 15 is 0 Å². The van der Waals surface area contributed by atoms with Gasteiger partial charge in [-0.25, -0.2) is 4.98 Å². The first-order valence-electron chi connectivity index (χ1n) is 8.66. The number of rotatable bonds is 3. The zero-order valence-corrected chi connectivity index (χ0v) is 14.4. The number of likely N-dealkylation sites (tertiary alicyclic amines) is 1. The molecule has 1 N–H and O–H groups in total. The highest BCUT2D eigenvalue weighted by atomic mass is 16.3. The fourth-order valence-corrected chi connectivity index (χ4v) is 3.33. The highest BCUT2D eigenvalue weighted by molar-refractivity contribution is 5.97. The van der Waals surface area contributed by atoms with E-state index in [1.165, 1.54) is 6.92 Å². The van der Waals surface area contributed by atoms with Crippen molar-refractivity contribution in [1.82, 2.24) is 9.88 Å². The first-order valence-corrected chi connectivity index (χ1v) is 8.66. The fraction of sp³-hybridized carbons (Fsp3) is 0.250. The maximum absolute atomic E-state index is 12.5. The molecule has 0 unspecified atom stereocenters. The predicted octanol–water partition coefficient (Wildman–Crippen LogP) is 3.44. The minimum atomic E-state index is -0.385. The van der Waals surface area contributed by atoms with Gasteiger partial charge in [-0.15, -0.1) is 0 Å². The van der Waals surface area contributed by atoms with Crippen molar-refractivity contribution in [2.24, 2.45) is 0 Å². The molecule has 1 aromatic heterocycles. The van der Waals surface area contributed by atoms with Crippen LogP contribution in [0.5, 0.6) is 0 Å². The normalized spacial score (nSPS) is 16.8. The predicted molar refractivity (Wildman–Crippen MR) is 98.5 cm³/mol. The van der Waals surface area contributed by atoms with Crippen molar-refractivity contribution < 1.29 is 14.0 Å².